The van der Waals surface area contributed by atoms with Crippen LogP contribution in [-0.4, -0.2) is 10.2 Å². The predicted molar refractivity (Wildman–Crippen MR) is 95.6 cm³/mol. The highest BCUT2D eigenvalue weighted by Gasteiger charge is 2.08. The molecule has 0 spiro atoms. The summed E-state index contributed by atoms with van der Waals surface area (Å²) in [5, 5.41) is 9.30. The minimum absolute atomic E-state index is 0.258. The summed E-state index contributed by atoms with van der Waals surface area (Å²) < 4.78 is 11.3. The Hall–Kier alpha value is -1.98. The molecular weight excluding hydrogens is 344 g/mol. The van der Waals surface area contributed by atoms with Gasteiger partial charge in [0.05, 0.1) is 0 Å². The summed E-state index contributed by atoms with van der Waals surface area (Å²) in [6.45, 7) is 4.34. The monoisotopic (exact) mass is 360 g/mol. The smallest absolute Gasteiger partial charge is 0.277 e. The van der Waals surface area contributed by atoms with E-state index in [2.05, 4.69) is 16.3 Å². The van der Waals surface area contributed by atoms with Gasteiger partial charge < -0.3 is 9.15 Å². The molecule has 0 fully saturated rings. The van der Waals surface area contributed by atoms with Gasteiger partial charge in [-0.1, -0.05) is 41.6 Å². The molecule has 0 saturated heterocycles. The van der Waals surface area contributed by atoms with Crippen LogP contribution in [0.25, 0.3) is 0 Å². The van der Waals surface area contributed by atoms with E-state index in [0.717, 1.165) is 33.2 Å². The Morgan fingerprint density at radius 2 is 1.88 bits per heavy atom. The normalized spacial score (nSPS) is 10.8. The van der Waals surface area contributed by atoms with Crippen molar-refractivity contribution in [1.29, 1.82) is 0 Å². The Labute approximate surface area is 150 Å². The first kappa shape index (κ1) is 16.9. The maximum absolute atomic E-state index is 5.98. The Kier molecular flexibility index (Phi) is 5.43. The standard InChI is InChI=1S/C18H17ClN2O2S/c1-12-6-13(2)8-16(7-12)22-10-17-20-21-18(23-17)24-11-14-4-3-5-15(19)9-14/h3-9H,10-11H2,1-2H3. The molecule has 0 saturated carbocycles. The number of rotatable bonds is 6. The van der Waals surface area contributed by atoms with Crippen molar-refractivity contribution in [3.8, 4) is 5.75 Å². The van der Waals surface area contributed by atoms with Crippen LogP contribution in [-0.2, 0) is 12.4 Å². The lowest BCUT2D eigenvalue weighted by atomic mass is 10.1. The van der Waals surface area contributed by atoms with Gasteiger partial charge in [0.25, 0.3) is 11.1 Å². The van der Waals surface area contributed by atoms with Crippen LogP contribution >= 0.6 is 23.4 Å². The first-order valence-electron chi connectivity index (χ1n) is 7.49. The van der Waals surface area contributed by atoms with Gasteiger partial charge in [-0.2, -0.15) is 0 Å². The third-order valence-corrected chi connectivity index (χ3v) is 4.38. The van der Waals surface area contributed by atoms with Crippen molar-refractivity contribution in [1.82, 2.24) is 10.2 Å². The van der Waals surface area contributed by atoms with E-state index in [9.17, 15) is 0 Å². The zero-order valence-corrected chi connectivity index (χ0v) is 15.0. The van der Waals surface area contributed by atoms with Gasteiger partial charge in [0, 0.05) is 10.8 Å². The maximum Gasteiger partial charge on any atom is 0.277 e. The Balaban J connectivity index is 1.55. The highest BCUT2D eigenvalue weighted by Crippen LogP contribution is 2.23. The summed E-state index contributed by atoms with van der Waals surface area (Å²) in [6.07, 6.45) is 0. The summed E-state index contributed by atoms with van der Waals surface area (Å²) in [6, 6.07) is 13.8. The lowest BCUT2D eigenvalue weighted by Gasteiger charge is -2.05. The van der Waals surface area contributed by atoms with E-state index < -0.39 is 0 Å². The number of aromatic nitrogens is 2. The summed E-state index contributed by atoms with van der Waals surface area (Å²) in [7, 11) is 0. The quantitative estimate of drug-likeness (QED) is 0.564. The van der Waals surface area contributed by atoms with Crippen molar-refractivity contribution >= 4 is 23.4 Å². The van der Waals surface area contributed by atoms with Crippen LogP contribution in [0.3, 0.4) is 0 Å². The number of hydrogen-bond acceptors (Lipinski definition) is 5. The van der Waals surface area contributed by atoms with Crippen LogP contribution in [0.2, 0.25) is 5.02 Å². The van der Waals surface area contributed by atoms with Gasteiger partial charge in [0.15, 0.2) is 6.61 Å². The molecule has 24 heavy (non-hydrogen) atoms. The molecule has 3 aromatic rings. The molecule has 0 unspecified atom stereocenters. The second kappa shape index (κ2) is 7.73. The maximum atomic E-state index is 5.98. The van der Waals surface area contributed by atoms with Crippen LogP contribution in [0.4, 0.5) is 0 Å². The average molecular weight is 361 g/mol. The van der Waals surface area contributed by atoms with E-state index >= 15 is 0 Å². The van der Waals surface area contributed by atoms with Crippen LogP contribution in [0.5, 0.6) is 5.75 Å². The number of ether oxygens (including phenoxy) is 1. The van der Waals surface area contributed by atoms with Crippen LogP contribution in [0.15, 0.2) is 52.1 Å². The molecule has 1 aromatic heterocycles. The zero-order valence-electron chi connectivity index (χ0n) is 13.5. The highest BCUT2D eigenvalue weighted by molar-refractivity contribution is 7.98. The molecule has 0 aliphatic heterocycles. The van der Waals surface area contributed by atoms with Gasteiger partial charge in [0.2, 0.25) is 0 Å². The summed E-state index contributed by atoms with van der Waals surface area (Å²) >= 11 is 7.45. The number of benzene rings is 2. The van der Waals surface area contributed by atoms with E-state index in [-0.39, 0.29) is 6.61 Å². The Bertz CT molecular complexity index is 815. The van der Waals surface area contributed by atoms with E-state index in [0.29, 0.717) is 11.1 Å². The fraction of sp³-hybridized carbons (Fsp3) is 0.222. The summed E-state index contributed by atoms with van der Waals surface area (Å²) in [5.74, 6) is 1.99. The van der Waals surface area contributed by atoms with Crippen LogP contribution in [0, 0.1) is 13.8 Å². The summed E-state index contributed by atoms with van der Waals surface area (Å²) in [5.41, 5.74) is 3.43. The molecule has 0 bridgehead atoms. The predicted octanol–water partition coefficient (Wildman–Crippen LogP) is 5.21. The second-order valence-electron chi connectivity index (χ2n) is 5.49. The Morgan fingerprint density at radius 3 is 2.62 bits per heavy atom. The molecule has 4 nitrogen and oxygen atoms in total. The molecule has 6 heteroatoms. The number of aryl methyl sites for hydroxylation is 2. The van der Waals surface area contributed by atoms with Crippen molar-refractivity contribution in [2.45, 2.75) is 31.4 Å². The first-order valence-corrected chi connectivity index (χ1v) is 8.85. The van der Waals surface area contributed by atoms with E-state index in [1.807, 2.05) is 50.2 Å². The molecule has 0 aliphatic carbocycles. The van der Waals surface area contributed by atoms with Crippen LogP contribution < -0.4 is 4.74 Å². The second-order valence-corrected chi connectivity index (χ2v) is 6.86. The third-order valence-electron chi connectivity index (χ3n) is 3.26. The number of halogens is 1. The number of thioether (sulfide) groups is 1. The number of nitrogens with zero attached hydrogens (tertiary/aromatic N) is 2. The van der Waals surface area contributed by atoms with Crippen molar-refractivity contribution in [3.63, 3.8) is 0 Å². The van der Waals surface area contributed by atoms with E-state index in [1.165, 1.54) is 11.8 Å². The molecule has 0 atom stereocenters. The third kappa shape index (κ3) is 4.76. The Morgan fingerprint density at radius 1 is 1.08 bits per heavy atom. The van der Waals surface area contributed by atoms with E-state index in [4.69, 9.17) is 20.8 Å². The van der Waals surface area contributed by atoms with Gasteiger partial charge in [-0.25, -0.2) is 0 Å². The van der Waals surface area contributed by atoms with Gasteiger partial charge in [-0.15, -0.1) is 10.2 Å². The van der Waals surface area contributed by atoms with Gasteiger partial charge in [-0.3, -0.25) is 0 Å². The topological polar surface area (TPSA) is 48.2 Å². The lowest BCUT2D eigenvalue weighted by molar-refractivity contribution is 0.252. The van der Waals surface area contributed by atoms with Gasteiger partial charge in [-0.05, 0) is 54.8 Å². The fourth-order valence-electron chi connectivity index (χ4n) is 2.29. The highest BCUT2D eigenvalue weighted by atomic mass is 35.5. The molecule has 0 N–H and O–H groups in total. The minimum atomic E-state index is 0.258. The largest absolute Gasteiger partial charge is 0.484 e. The molecule has 2 aromatic carbocycles. The number of hydrogen-bond donors (Lipinski definition) is 0. The first-order chi connectivity index (χ1) is 11.6. The lowest BCUT2D eigenvalue weighted by Crippen LogP contribution is -1.96. The molecule has 0 radical (unpaired) electrons. The van der Waals surface area contributed by atoms with Crippen molar-refractivity contribution in [2.24, 2.45) is 0 Å². The average Bonchev–Trinajstić information content (AvgIpc) is 2.98. The van der Waals surface area contributed by atoms with Crippen molar-refractivity contribution < 1.29 is 9.15 Å². The van der Waals surface area contributed by atoms with Gasteiger partial charge in [0.1, 0.15) is 5.75 Å². The SMILES string of the molecule is Cc1cc(C)cc(OCc2nnc(SCc3cccc(Cl)c3)o2)c1. The molecule has 0 amide bonds. The molecule has 3 rings (SSSR count). The molecule has 0 aliphatic rings. The molecular formula is C18H17ClN2O2S. The van der Waals surface area contributed by atoms with Gasteiger partial charge >= 0.3 is 0 Å². The minimum Gasteiger partial charge on any atom is -0.484 e. The van der Waals surface area contributed by atoms with Crippen LogP contribution in [0.1, 0.15) is 22.6 Å². The molecule has 1 heterocycles. The molecule has 124 valence electrons. The zero-order chi connectivity index (χ0) is 16.9. The van der Waals surface area contributed by atoms with Crippen molar-refractivity contribution in [2.75, 3.05) is 0 Å². The van der Waals surface area contributed by atoms with E-state index in [1.54, 1.807) is 0 Å². The van der Waals surface area contributed by atoms with Crippen molar-refractivity contribution in [3.05, 3.63) is 70.1 Å². The fourth-order valence-corrected chi connectivity index (χ4v) is 3.22. The summed E-state index contributed by atoms with van der Waals surface area (Å²) in [4.78, 5) is 0.